The summed E-state index contributed by atoms with van der Waals surface area (Å²) in [5.41, 5.74) is -0.725. The molecule has 130 valence electrons. The highest BCUT2D eigenvalue weighted by Crippen LogP contribution is 2.31. The minimum atomic E-state index is -4.73. The molecule has 1 N–H and O–H groups in total. The molecular weight excluding hydrogens is 365 g/mol. The number of methoxy groups -OCH3 is 1. The van der Waals surface area contributed by atoms with Gasteiger partial charge in [0, 0.05) is 5.56 Å². The van der Waals surface area contributed by atoms with Gasteiger partial charge in [0.15, 0.2) is 0 Å². The number of rotatable bonds is 5. The van der Waals surface area contributed by atoms with Gasteiger partial charge in [0.25, 0.3) is 10.1 Å². The van der Waals surface area contributed by atoms with Gasteiger partial charge in [0.1, 0.15) is 6.61 Å². The molecule has 1 rings (SSSR count). The predicted molar refractivity (Wildman–Crippen MR) is 73.1 cm³/mol. The van der Waals surface area contributed by atoms with Gasteiger partial charge in [-0.05, 0) is 18.6 Å². The molecular formula is C12H12ClF3O6S. The number of alkyl halides is 3. The molecule has 0 aliphatic carbocycles. The summed E-state index contributed by atoms with van der Waals surface area (Å²) in [6.07, 6.45) is -4.59. The molecule has 0 saturated heterocycles. The van der Waals surface area contributed by atoms with E-state index in [1.54, 1.807) is 0 Å². The van der Waals surface area contributed by atoms with Crippen LogP contribution >= 0.6 is 11.6 Å². The molecule has 1 aromatic carbocycles. The second-order valence-corrected chi connectivity index (χ2v) is 6.18. The van der Waals surface area contributed by atoms with Crippen molar-refractivity contribution in [2.45, 2.75) is 24.6 Å². The number of hydrogen-bond acceptors (Lipinski definition) is 5. The van der Waals surface area contributed by atoms with E-state index in [1.807, 2.05) is 0 Å². The van der Waals surface area contributed by atoms with Crippen molar-refractivity contribution in [3.63, 3.8) is 0 Å². The van der Waals surface area contributed by atoms with Crippen LogP contribution in [0.25, 0.3) is 0 Å². The Hall–Kier alpha value is -1.36. The number of esters is 1. The Balaban J connectivity index is 3.40. The Bertz CT molecular complexity index is 714. The van der Waals surface area contributed by atoms with Crippen LogP contribution in [0.5, 0.6) is 0 Å². The minimum Gasteiger partial charge on any atom is -0.465 e. The fraction of sp³-hybridized carbons (Fsp3) is 0.417. The molecule has 0 aromatic heterocycles. The lowest BCUT2D eigenvalue weighted by atomic mass is 10.0. The maximum Gasteiger partial charge on any atom is 0.411 e. The van der Waals surface area contributed by atoms with Gasteiger partial charge in [-0.2, -0.15) is 21.6 Å². The highest BCUT2D eigenvalue weighted by molar-refractivity contribution is 7.85. The summed E-state index contributed by atoms with van der Waals surface area (Å²) in [7, 11) is -3.73. The summed E-state index contributed by atoms with van der Waals surface area (Å²) in [5, 5.41) is -0.316. The van der Waals surface area contributed by atoms with E-state index < -0.39 is 45.9 Å². The van der Waals surface area contributed by atoms with Crippen LogP contribution in [0.15, 0.2) is 11.0 Å². The van der Waals surface area contributed by atoms with Crippen molar-refractivity contribution in [1.29, 1.82) is 0 Å². The van der Waals surface area contributed by atoms with Gasteiger partial charge in [0.2, 0.25) is 0 Å². The van der Waals surface area contributed by atoms with Crippen LogP contribution < -0.4 is 0 Å². The monoisotopic (exact) mass is 376 g/mol. The molecule has 11 heteroatoms. The van der Waals surface area contributed by atoms with E-state index in [0.29, 0.717) is 0 Å². The number of ether oxygens (including phenoxy) is 2. The largest absolute Gasteiger partial charge is 0.465 e. The third-order valence-electron chi connectivity index (χ3n) is 2.79. The first-order valence-electron chi connectivity index (χ1n) is 5.90. The minimum absolute atomic E-state index is 0.132. The molecule has 0 fully saturated rings. The molecule has 1 aromatic rings. The summed E-state index contributed by atoms with van der Waals surface area (Å²) in [5.74, 6) is -1.02. The maximum atomic E-state index is 12.1. The zero-order valence-corrected chi connectivity index (χ0v) is 13.5. The topological polar surface area (TPSA) is 89.9 Å². The van der Waals surface area contributed by atoms with Crippen LogP contribution in [0.3, 0.4) is 0 Å². The fourth-order valence-corrected chi connectivity index (χ4v) is 2.85. The van der Waals surface area contributed by atoms with Gasteiger partial charge in [-0.3, -0.25) is 4.55 Å². The highest BCUT2D eigenvalue weighted by Gasteiger charge is 2.29. The second-order valence-electron chi connectivity index (χ2n) is 4.41. The van der Waals surface area contributed by atoms with E-state index in [0.717, 1.165) is 13.2 Å². The van der Waals surface area contributed by atoms with Crippen molar-refractivity contribution < 1.29 is 40.4 Å². The quantitative estimate of drug-likeness (QED) is 0.627. The number of carbonyl (C=O) groups is 1. The van der Waals surface area contributed by atoms with Crippen molar-refractivity contribution in [1.82, 2.24) is 0 Å². The van der Waals surface area contributed by atoms with Crippen molar-refractivity contribution in [2.75, 3.05) is 13.7 Å². The maximum absolute atomic E-state index is 12.1. The van der Waals surface area contributed by atoms with Gasteiger partial charge >= 0.3 is 12.1 Å². The van der Waals surface area contributed by atoms with E-state index in [9.17, 15) is 30.9 Å². The van der Waals surface area contributed by atoms with E-state index >= 15 is 0 Å². The molecule has 0 spiro atoms. The molecule has 0 radical (unpaired) electrons. The first-order chi connectivity index (χ1) is 10.4. The first kappa shape index (κ1) is 19.7. The Kier molecular flexibility index (Phi) is 6.02. The molecule has 0 unspecified atom stereocenters. The van der Waals surface area contributed by atoms with Crippen molar-refractivity contribution in [3.8, 4) is 0 Å². The van der Waals surface area contributed by atoms with E-state index in [2.05, 4.69) is 9.47 Å². The predicted octanol–water partition coefficient (Wildman–Crippen LogP) is 2.76. The highest BCUT2D eigenvalue weighted by atomic mass is 35.5. The van der Waals surface area contributed by atoms with Crippen LogP contribution in [0.2, 0.25) is 5.02 Å². The summed E-state index contributed by atoms with van der Waals surface area (Å²) in [6, 6.07) is 0.784. The molecule has 0 bridgehead atoms. The number of halogens is 4. The lowest BCUT2D eigenvalue weighted by molar-refractivity contribution is -0.176. The lowest BCUT2D eigenvalue weighted by Gasteiger charge is -2.16. The fourth-order valence-electron chi connectivity index (χ4n) is 1.75. The van der Waals surface area contributed by atoms with Gasteiger partial charge in [-0.15, -0.1) is 0 Å². The van der Waals surface area contributed by atoms with E-state index in [4.69, 9.17) is 11.6 Å². The van der Waals surface area contributed by atoms with Crippen LogP contribution in [-0.4, -0.2) is 38.8 Å². The van der Waals surface area contributed by atoms with Gasteiger partial charge in [-0.1, -0.05) is 11.6 Å². The van der Waals surface area contributed by atoms with Crippen LogP contribution in [0, 0.1) is 6.92 Å². The average Bonchev–Trinajstić information content (AvgIpc) is 2.39. The third kappa shape index (κ3) is 5.06. The van der Waals surface area contributed by atoms with Gasteiger partial charge in [-0.25, -0.2) is 4.79 Å². The molecule has 0 saturated carbocycles. The summed E-state index contributed by atoms with van der Waals surface area (Å²) in [4.78, 5) is 10.9. The molecule has 0 amide bonds. The molecule has 0 aliphatic heterocycles. The van der Waals surface area contributed by atoms with E-state index in [-0.39, 0.29) is 16.1 Å². The summed E-state index contributed by atoms with van der Waals surface area (Å²) >= 11 is 5.92. The van der Waals surface area contributed by atoms with E-state index in [1.165, 1.54) is 6.92 Å². The average molecular weight is 377 g/mol. The number of hydrogen-bond donors (Lipinski definition) is 1. The normalized spacial score (nSPS) is 12.3. The lowest BCUT2D eigenvalue weighted by Crippen LogP contribution is -2.18. The summed E-state index contributed by atoms with van der Waals surface area (Å²) in [6.45, 7) is -1.09. The third-order valence-corrected chi connectivity index (χ3v) is 4.21. The van der Waals surface area contributed by atoms with Gasteiger partial charge in [0.05, 0.1) is 29.2 Å². The molecule has 0 heterocycles. The zero-order valence-electron chi connectivity index (χ0n) is 11.9. The second kappa shape index (κ2) is 7.04. The van der Waals surface area contributed by atoms with Crippen LogP contribution in [0.1, 0.15) is 21.5 Å². The van der Waals surface area contributed by atoms with Crippen molar-refractivity contribution >= 4 is 27.7 Å². The Morgan fingerprint density at radius 3 is 2.39 bits per heavy atom. The number of benzene rings is 1. The smallest absolute Gasteiger partial charge is 0.411 e. The van der Waals surface area contributed by atoms with Crippen LogP contribution in [-0.2, 0) is 26.2 Å². The molecule has 0 atom stereocenters. The molecule has 23 heavy (non-hydrogen) atoms. The Labute approximate surface area is 134 Å². The van der Waals surface area contributed by atoms with Crippen molar-refractivity contribution in [3.05, 3.63) is 27.8 Å². The van der Waals surface area contributed by atoms with Crippen molar-refractivity contribution in [2.24, 2.45) is 0 Å². The Morgan fingerprint density at radius 1 is 1.39 bits per heavy atom. The Morgan fingerprint density at radius 2 is 1.96 bits per heavy atom. The number of carbonyl (C=O) groups excluding carboxylic acids is 1. The van der Waals surface area contributed by atoms with Gasteiger partial charge < -0.3 is 9.47 Å². The SMILES string of the molecule is COC(=O)c1cc(S(=O)(=O)O)c(C)c(COCC(F)(F)F)c1Cl. The standard InChI is InChI=1S/C12H12ClF3O6S/c1-6-8(4-22-5-12(14,15)16)10(13)7(11(17)21-2)3-9(6)23(18,19)20/h3H,4-5H2,1-2H3,(H,18,19,20). The van der Waals surface area contributed by atoms with Crippen LogP contribution in [0.4, 0.5) is 13.2 Å². The zero-order chi connectivity index (χ0) is 18.0. The molecule has 6 nitrogen and oxygen atoms in total. The first-order valence-corrected chi connectivity index (χ1v) is 7.72. The summed E-state index contributed by atoms with van der Waals surface area (Å²) < 4.78 is 77.1. The molecule has 0 aliphatic rings.